The number of likely N-dealkylation sites (N-methyl/N-ethyl adjacent to an activating group) is 1. The van der Waals surface area contributed by atoms with Gasteiger partial charge in [-0.25, -0.2) is 0 Å². The zero-order valence-electron chi connectivity index (χ0n) is 13.3. The Kier molecular flexibility index (Phi) is 4.73. The molecule has 2 heterocycles. The van der Waals surface area contributed by atoms with E-state index >= 15 is 0 Å². The van der Waals surface area contributed by atoms with Crippen LogP contribution in [0.4, 0.5) is 5.69 Å². The van der Waals surface area contributed by atoms with Crippen LogP contribution in [0.15, 0.2) is 18.2 Å². The molecule has 1 aromatic rings. The molecule has 0 aromatic heterocycles. The molecule has 1 aromatic carbocycles. The smallest absolute Gasteiger partial charge is 0.256 e. The Morgan fingerprint density at radius 1 is 1.42 bits per heavy atom. The zero-order chi connectivity index (χ0) is 17.3. The van der Waals surface area contributed by atoms with Crippen molar-refractivity contribution in [1.82, 2.24) is 15.5 Å². The summed E-state index contributed by atoms with van der Waals surface area (Å²) in [4.78, 5) is 38.6. The third-order valence-electron chi connectivity index (χ3n) is 4.34. The number of anilines is 1. The van der Waals surface area contributed by atoms with Gasteiger partial charge in [0, 0.05) is 17.6 Å². The van der Waals surface area contributed by atoms with E-state index in [0.29, 0.717) is 35.7 Å². The number of hydrogen-bond acceptors (Lipinski definition) is 4. The normalized spacial score (nSPS) is 23.0. The zero-order valence-corrected chi connectivity index (χ0v) is 14.0. The molecule has 3 amide bonds. The fraction of sp³-hybridized carbons (Fsp3) is 0.438. The van der Waals surface area contributed by atoms with Gasteiger partial charge < -0.3 is 20.9 Å². The van der Waals surface area contributed by atoms with E-state index < -0.39 is 6.04 Å². The summed E-state index contributed by atoms with van der Waals surface area (Å²) in [7, 11) is 1.70. The second-order valence-electron chi connectivity index (χ2n) is 6.01. The lowest BCUT2D eigenvalue weighted by Gasteiger charge is -2.37. The van der Waals surface area contributed by atoms with Crippen molar-refractivity contribution in [2.75, 3.05) is 25.5 Å². The highest BCUT2D eigenvalue weighted by Gasteiger charge is 2.40. The predicted molar refractivity (Wildman–Crippen MR) is 90.0 cm³/mol. The molecule has 24 heavy (non-hydrogen) atoms. The van der Waals surface area contributed by atoms with Crippen LogP contribution in [0.2, 0.25) is 5.02 Å². The second kappa shape index (κ2) is 6.78. The van der Waals surface area contributed by atoms with Crippen molar-refractivity contribution in [3.63, 3.8) is 0 Å². The van der Waals surface area contributed by atoms with Crippen LogP contribution in [-0.4, -0.2) is 54.8 Å². The van der Waals surface area contributed by atoms with Crippen molar-refractivity contribution in [1.29, 1.82) is 0 Å². The van der Waals surface area contributed by atoms with Crippen LogP contribution in [0.3, 0.4) is 0 Å². The molecule has 128 valence electrons. The Bertz CT molecular complexity index is 694. The molecule has 1 fully saturated rings. The van der Waals surface area contributed by atoms with E-state index in [1.54, 1.807) is 30.1 Å². The second-order valence-corrected chi connectivity index (χ2v) is 6.45. The third-order valence-corrected chi connectivity index (χ3v) is 4.57. The number of carbonyl (C=O) groups is 3. The van der Waals surface area contributed by atoms with Gasteiger partial charge in [-0.05, 0) is 38.1 Å². The lowest BCUT2D eigenvalue weighted by atomic mass is 9.96. The van der Waals surface area contributed by atoms with Crippen molar-refractivity contribution in [3.05, 3.63) is 28.8 Å². The van der Waals surface area contributed by atoms with Crippen LogP contribution < -0.4 is 16.0 Å². The average Bonchev–Trinajstić information content (AvgIpc) is 2.63. The summed E-state index contributed by atoms with van der Waals surface area (Å²) < 4.78 is 0. The topological polar surface area (TPSA) is 90.5 Å². The standard InChI is InChI=1S/C16H19ClN4O3/c1-18-8-14(22)19-10-4-5-21-13(7-10)15(23)20-12-6-9(17)2-3-11(12)16(21)24/h2-3,6,10,13,18H,4-5,7-8H2,1H3,(H,19,22)(H,20,23)/t10-,13+/m1/s1. The fourth-order valence-corrected chi connectivity index (χ4v) is 3.38. The first-order chi connectivity index (χ1) is 11.5. The molecule has 0 unspecified atom stereocenters. The van der Waals surface area contributed by atoms with E-state index in [2.05, 4.69) is 16.0 Å². The summed E-state index contributed by atoms with van der Waals surface area (Å²) in [6.45, 7) is 0.642. The molecule has 0 spiro atoms. The number of benzene rings is 1. The van der Waals surface area contributed by atoms with Gasteiger partial charge in [-0.1, -0.05) is 11.6 Å². The van der Waals surface area contributed by atoms with E-state index in [0.717, 1.165) is 0 Å². The van der Waals surface area contributed by atoms with E-state index in [4.69, 9.17) is 11.6 Å². The Hall–Kier alpha value is -2.12. The number of amides is 3. The highest BCUT2D eigenvalue weighted by atomic mass is 35.5. The molecular formula is C16H19ClN4O3. The van der Waals surface area contributed by atoms with Crippen molar-refractivity contribution < 1.29 is 14.4 Å². The van der Waals surface area contributed by atoms with Gasteiger partial charge in [0.1, 0.15) is 6.04 Å². The van der Waals surface area contributed by atoms with E-state index in [1.165, 1.54) is 0 Å². The number of piperidine rings is 1. The molecule has 2 atom stereocenters. The highest BCUT2D eigenvalue weighted by molar-refractivity contribution is 6.31. The SMILES string of the molecule is CNCC(=O)N[C@@H]1CCN2C(=O)c3ccc(Cl)cc3NC(=O)[C@@H]2C1. The molecule has 0 radical (unpaired) electrons. The maximum Gasteiger partial charge on any atom is 0.256 e. The molecular weight excluding hydrogens is 332 g/mol. The van der Waals surface area contributed by atoms with Gasteiger partial charge in [0.15, 0.2) is 0 Å². The summed E-state index contributed by atoms with van der Waals surface area (Å²) in [5.74, 6) is -0.562. The molecule has 1 saturated heterocycles. The molecule has 0 bridgehead atoms. The molecule has 3 N–H and O–H groups in total. The molecule has 7 nitrogen and oxygen atoms in total. The molecule has 3 rings (SSSR count). The molecule has 8 heteroatoms. The number of carbonyl (C=O) groups excluding carboxylic acids is 3. The maximum absolute atomic E-state index is 12.8. The first-order valence-corrected chi connectivity index (χ1v) is 8.22. The minimum absolute atomic E-state index is 0.119. The number of nitrogens with one attached hydrogen (secondary N) is 3. The van der Waals surface area contributed by atoms with Gasteiger partial charge >= 0.3 is 0 Å². The first kappa shape index (κ1) is 16.7. The third kappa shape index (κ3) is 3.22. The van der Waals surface area contributed by atoms with Crippen LogP contribution in [0.1, 0.15) is 23.2 Å². The molecule has 2 aliphatic heterocycles. The van der Waals surface area contributed by atoms with E-state index in [1.807, 2.05) is 0 Å². The molecule has 0 saturated carbocycles. The minimum Gasteiger partial charge on any atom is -0.352 e. The van der Waals surface area contributed by atoms with E-state index in [-0.39, 0.29) is 30.3 Å². The highest BCUT2D eigenvalue weighted by Crippen LogP contribution is 2.30. The van der Waals surface area contributed by atoms with Crippen molar-refractivity contribution in [2.24, 2.45) is 0 Å². The Morgan fingerprint density at radius 2 is 2.21 bits per heavy atom. The summed E-state index contributed by atoms with van der Waals surface area (Å²) in [6.07, 6.45) is 1.02. The van der Waals surface area contributed by atoms with Crippen LogP contribution in [0.5, 0.6) is 0 Å². The average molecular weight is 351 g/mol. The predicted octanol–water partition coefficient (Wildman–Crippen LogP) is 0.601. The lowest BCUT2D eigenvalue weighted by Crippen LogP contribution is -2.55. The van der Waals surface area contributed by atoms with Gasteiger partial charge in [-0.2, -0.15) is 0 Å². The molecule has 2 aliphatic rings. The van der Waals surface area contributed by atoms with Crippen LogP contribution in [0.25, 0.3) is 0 Å². The monoisotopic (exact) mass is 350 g/mol. The Morgan fingerprint density at radius 3 is 2.96 bits per heavy atom. The van der Waals surface area contributed by atoms with Crippen LogP contribution in [0, 0.1) is 0 Å². The van der Waals surface area contributed by atoms with Gasteiger partial charge in [0.05, 0.1) is 17.8 Å². The Balaban J connectivity index is 1.80. The van der Waals surface area contributed by atoms with Gasteiger partial charge in [0.25, 0.3) is 5.91 Å². The number of fused-ring (bicyclic) bond motifs is 2. The van der Waals surface area contributed by atoms with Crippen LogP contribution >= 0.6 is 11.6 Å². The van der Waals surface area contributed by atoms with Gasteiger partial charge in [-0.15, -0.1) is 0 Å². The molecule has 0 aliphatic carbocycles. The largest absolute Gasteiger partial charge is 0.352 e. The summed E-state index contributed by atoms with van der Waals surface area (Å²) in [5.41, 5.74) is 0.871. The lowest BCUT2D eigenvalue weighted by molar-refractivity contribution is -0.124. The number of halogens is 1. The Labute approximate surface area is 144 Å². The number of nitrogens with zero attached hydrogens (tertiary/aromatic N) is 1. The summed E-state index contributed by atoms with van der Waals surface area (Å²) in [6, 6.07) is 4.11. The van der Waals surface area contributed by atoms with Gasteiger partial charge in [0.2, 0.25) is 11.8 Å². The van der Waals surface area contributed by atoms with Gasteiger partial charge in [-0.3, -0.25) is 14.4 Å². The van der Waals surface area contributed by atoms with Crippen molar-refractivity contribution >= 4 is 35.0 Å². The first-order valence-electron chi connectivity index (χ1n) is 7.85. The number of hydrogen-bond donors (Lipinski definition) is 3. The number of rotatable bonds is 3. The summed E-state index contributed by atoms with van der Waals surface area (Å²) in [5, 5.41) is 8.92. The maximum atomic E-state index is 12.8. The van der Waals surface area contributed by atoms with E-state index in [9.17, 15) is 14.4 Å². The summed E-state index contributed by atoms with van der Waals surface area (Å²) >= 11 is 5.96. The van der Waals surface area contributed by atoms with Crippen molar-refractivity contribution in [3.8, 4) is 0 Å². The van der Waals surface area contributed by atoms with Crippen LogP contribution in [-0.2, 0) is 9.59 Å². The van der Waals surface area contributed by atoms with Crippen molar-refractivity contribution in [2.45, 2.75) is 24.9 Å². The fourth-order valence-electron chi connectivity index (χ4n) is 3.20. The minimum atomic E-state index is -0.600. The quantitative estimate of drug-likeness (QED) is 0.744.